The Morgan fingerprint density at radius 1 is 1.00 bits per heavy atom. The minimum atomic E-state index is 0.629. The predicted molar refractivity (Wildman–Crippen MR) is 119 cm³/mol. The maximum Gasteiger partial charge on any atom is 0.178 e. The monoisotopic (exact) mass is 406 g/mol. The molecule has 0 atom stereocenters. The van der Waals surface area contributed by atoms with Crippen molar-refractivity contribution < 1.29 is 0 Å². The van der Waals surface area contributed by atoms with Gasteiger partial charge >= 0.3 is 0 Å². The molecule has 0 aliphatic carbocycles. The van der Waals surface area contributed by atoms with Gasteiger partial charge in [0.1, 0.15) is 5.52 Å². The van der Waals surface area contributed by atoms with Gasteiger partial charge < -0.3 is 4.98 Å². The SMILES string of the molecule is Cc1cccc(-c2ccnc3nc(-c4n[nH]c5ccc(-c6cnn(C)c6)nc45)[nH]c23)c1. The summed E-state index contributed by atoms with van der Waals surface area (Å²) in [6.45, 7) is 2.08. The molecule has 8 heteroatoms. The van der Waals surface area contributed by atoms with Gasteiger partial charge in [0.05, 0.1) is 22.9 Å². The summed E-state index contributed by atoms with van der Waals surface area (Å²) in [7, 11) is 1.89. The lowest BCUT2D eigenvalue weighted by Gasteiger charge is -2.03. The first-order valence-electron chi connectivity index (χ1n) is 9.92. The van der Waals surface area contributed by atoms with E-state index in [-0.39, 0.29) is 0 Å². The molecule has 0 bridgehead atoms. The summed E-state index contributed by atoms with van der Waals surface area (Å²) in [5.41, 5.74) is 8.93. The molecule has 150 valence electrons. The van der Waals surface area contributed by atoms with Crippen LogP contribution in [0.2, 0.25) is 0 Å². The lowest BCUT2D eigenvalue weighted by Crippen LogP contribution is -1.87. The second-order valence-corrected chi connectivity index (χ2v) is 7.58. The van der Waals surface area contributed by atoms with E-state index in [1.165, 1.54) is 5.56 Å². The summed E-state index contributed by atoms with van der Waals surface area (Å²) in [5.74, 6) is 0.629. The summed E-state index contributed by atoms with van der Waals surface area (Å²) in [6, 6.07) is 14.3. The Morgan fingerprint density at radius 2 is 1.94 bits per heavy atom. The topological polar surface area (TPSA) is 101 Å². The number of aromatic amines is 2. The van der Waals surface area contributed by atoms with Crippen LogP contribution in [0.5, 0.6) is 0 Å². The van der Waals surface area contributed by atoms with Gasteiger partial charge in [0.2, 0.25) is 0 Å². The second kappa shape index (κ2) is 6.60. The summed E-state index contributed by atoms with van der Waals surface area (Å²) in [6.07, 6.45) is 5.52. The number of pyridine rings is 2. The number of benzene rings is 1. The number of fused-ring (bicyclic) bond motifs is 2. The highest BCUT2D eigenvalue weighted by molar-refractivity contribution is 5.94. The summed E-state index contributed by atoms with van der Waals surface area (Å²) in [5, 5.41) is 11.8. The molecule has 0 saturated heterocycles. The van der Waals surface area contributed by atoms with Crippen LogP contribution in [0.1, 0.15) is 5.56 Å². The van der Waals surface area contributed by atoms with Crippen LogP contribution in [0, 0.1) is 6.92 Å². The fourth-order valence-corrected chi connectivity index (χ4v) is 3.85. The van der Waals surface area contributed by atoms with Gasteiger partial charge in [0, 0.05) is 30.6 Å². The molecule has 0 aliphatic heterocycles. The molecular weight excluding hydrogens is 388 g/mol. The van der Waals surface area contributed by atoms with Crippen molar-refractivity contribution in [2.45, 2.75) is 6.92 Å². The Bertz CT molecular complexity index is 1570. The third-order valence-electron chi connectivity index (χ3n) is 5.35. The number of H-pyrrole nitrogens is 2. The fraction of sp³-hybridized carbons (Fsp3) is 0.0870. The number of nitrogens with zero attached hydrogens (tertiary/aromatic N) is 6. The van der Waals surface area contributed by atoms with Gasteiger partial charge in [-0.1, -0.05) is 29.8 Å². The molecule has 0 unspecified atom stereocenters. The standard InChI is InChI=1S/C23H18N8/c1-13-4-3-5-14(10-13)16-8-9-24-22-19(16)27-23(28-22)21-20-18(29-30-21)7-6-17(26-20)15-11-25-31(2)12-15/h3-12H,1-2H3,(H,29,30)(H,24,27,28). The molecule has 0 amide bonds. The molecule has 2 N–H and O–H groups in total. The molecule has 0 spiro atoms. The quantitative estimate of drug-likeness (QED) is 0.457. The number of aryl methyl sites for hydroxylation is 2. The van der Waals surface area contributed by atoms with Crippen molar-refractivity contribution in [3.05, 3.63) is 66.6 Å². The molecule has 0 saturated carbocycles. The highest BCUT2D eigenvalue weighted by atomic mass is 15.2. The lowest BCUT2D eigenvalue weighted by molar-refractivity contribution is 0.768. The van der Waals surface area contributed by atoms with Crippen LogP contribution in [0.15, 0.2) is 61.1 Å². The van der Waals surface area contributed by atoms with Crippen LogP contribution < -0.4 is 0 Å². The zero-order valence-corrected chi connectivity index (χ0v) is 17.0. The summed E-state index contributed by atoms with van der Waals surface area (Å²) in [4.78, 5) is 17.4. The van der Waals surface area contributed by atoms with E-state index in [0.717, 1.165) is 38.9 Å². The Kier molecular flexibility index (Phi) is 3.73. The van der Waals surface area contributed by atoms with E-state index in [9.17, 15) is 0 Å². The molecule has 5 aromatic heterocycles. The number of rotatable bonds is 3. The van der Waals surface area contributed by atoms with Crippen molar-refractivity contribution in [3.8, 4) is 33.9 Å². The van der Waals surface area contributed by atoms with E-state index in [0.29, 0.717) is 17.2 Å². The number of aromatic nitrogens is 8. The number of nitrogens with one attached hydrogen (secondary N) is 2. The van der Waals surface area contributed by atoms with E-state index < -0.39 is 0 Å². The van der Waals surface area contributed by atoms with Crippen molar-refractivity contribution in [3.63, 3.8) is 0 Å². The smallest absolute Gasteiger partial charge is 0.178 e. The summed E-state index contributed by atoms with van der Waals surface area (Å²) < 4.78 is 1.76. The van der Waals surface area contributed by atoms with Gasteiger partial charge in [0.25, 0.3) is 0 Å². The molecule has 8 nitrogen and oxygen atoms in total. The first-order valence-corrected chi connectivity index (χ1v) is 9.92. The van der Waals surface area contributed by atoms with Gasteiger partial charge in [0.15, 0.2) is 17.2 Å². The van der Waals surface area contributed by atoms with Crippen molar-refractivity contribution >= 4 is 22.2 Å². The molecule has 0 radical (unpaired) electrons. The zero-order valence-electron chi connectivity index (χ0n) is 17.0. The zero-order chi connectivity index (χ0) is 20.9. The molecule has 31 heavy (non-hydrogen) atoms. The molecular formula is C23H18N8. The van der Waals surface area contributed by atoms with Gasteiger partial charge in [-0.15, -0.1) is 0 Å². The van der Waals surface area contributed by atoms with Crippen LogP contribution in [-0.4, -0.2) is 39.9 Å². The molecule has 0 fully saturated rings. The number of imidazole rings is 1. The Labute approximate surface area is 177 Å². The van der Waals surface area contributed by atoms with Gasteiger partial charge in [-0.25, -0.2) is 15.0 Å². The van der Waals surface area contributed by atoms with E-state index in [4.69, 9.17) is 9.97 Å². The lowest BCUT2D eigenvalue weighted by atomic mass is 10.0. The minimum absolute atomic E-state index is 0.629. The van der Waals surface area contributed by atoms with E-state index in [1.54, 1.807) is 17.1 Å². The molecule has 5 heterocycles. The van der Waals surface area contributed by atoms with Crippen molar-refractivity contribution in [2.24, 2.45) is 7.05 Å². The number of hydrogen-bond acceptors (Lipinski definition) is 5. The average Bonchev–Trinajstić information content (AvgIpc) is 3.50. The third-order valence-corrected chi connectivity index (χ3v) is 5.35. The Balaban J connectivity index is 1.51. The highest BCUT2D eigenvalue weighted by Gasteiger charge is 2.17. The Morgan fingerprint density at radius 3 is 2.77 bits per heavy atom. The largest absolute Gasteiger partial charge is 0.335 e. The Hall–Kier alpha value is -4.33. The van der Waals surface area contributed by atoms with Gasteiger partial charge in [-0.05, 0) is 30.7 Å². The van der Waals surface area contributed by atoms with E-state index in [2.05, 4.69) is 56.5 Å². The normalized spacial score (nSPS) is 11.5. The third kappa shape index (κ3) is 2.88. The van der Waals surface area contributed by atoms with Gasteiger partial charge in [-0.3, -0.25) is 9.78 Å². The fourth-order valence-electron chi connectivity index (χ4n) is 3.85. The molecule has 6 rings (SSSR count). The maximum atomic E-state index is 4.83. The maximum absolute atomic E-state index is 4.83. The van der Waals surface area contributed by atoms with Crippen LogP contribution in [-0.2, 0) is 7.05 Å². The van der Waals surface area contributed by atoms with Crippen molar-refractivity contribution in [1.82, 2.24) is 39.9 Å². The van der Waals surface area contributed by atoms with Crippen LogP contribution in [0.3, 0.4) is 0 Å². The second-order valence-electron chi connectivity index (χ2n) is 7.58. The predicted octanol–water partition coefficient (Wildman–Crippen LogP) is 4.27. The van der Waals surface area contributed by atoms with Crippen LogP contribution in [0.4, 0.5) is 0 Å². The van der Waals surface area contributed by atoms with Crippen LogP contribution >= 0.6 is 0 Å². The first kappa shape index (κ1) is 17.5. The van der Waals surface area contributed by atoms with Crippen molar-refractivity contribution in [2.75, 3.05) is 0 Å². The molecule has 1 aromatic carbocycles. The summed E-state index contributed by atoms with van der Waals surface area (Å²) >= 11 is 0. The minimum Gasteiger partial charge on any atom is -0.335 e. The van der Waals surface area contributed by atoms with Gasteiger partial charge in [-0.2, -0.15) is 10.2 Å². The first-order chi connectivity index (χ1) is 15.2. The average molecular weight is 406 g/mol. The molecule has 0 aliphatic rings. The van der Waals surface area contributed by atoms with E-state index >= 15 is 0 Å². The van der Waals surface area contributed by atoms with E-state index in [1.807, 2.05) is 31.4 Å². The highest BCUT2D eigenvalue weighted by Crippen LogP contribution is 2.31. The number of hydrogen-bond donors (Lipinski definition) is 2. The van der Waals surface area contributed by atoms with Crippen LogP contribution in [0.25, 0.3) is 56.1 Å². The molecule has 6 aromatic rings. The van der Waals surface area contributed by atoms with Crippen molar-refractivity contribution in [1.29, 1.82) is 0 Å².